The summed E-state index contributed by atoms with van der Waals surface area (Å²) in [6.45, 7) is 4.98. The molecule has 29 heavy (non-hydrogen) atoms. The topological polar surface area (TPSA) is 84.9 Å². The average molecular weight is 419 g/mol. The molecule has 1 aliphatic heterocycles. The second-order valence-corrected chi connectivity index (χ2v) is 8.44. The van der Waals surface area contributed by atoms with Gasteiger partial charge in [-0.15, -0.1) is 0 Å². The monoisotopic (exact) mass is 418 g/mol. The average Bonchev–Trinajstić information content (AvgIpc) is 2.75. The molecule has 1 saturated heterocycles. The van der Waals surface area contributed by atoms with E-state index in [4.69, 9.17) is 9.47 Å². The first-order valence-electron chi connectivity index (χ1n) is 9.65. The van der Waals surface area contributed by atoms with Gasteiger partial charge < -0.3 is 9.47 Å². The van der Waals surface area contributed by atoms with Crippen LogP contribution in [0.25, 0.3) is 0 Å². The summed E-state index contributed by atoms with van der Waals surface area (Å²) in [5.74, 6) is -0.471. The van der Waals surface area contributed by atoms with E-state index in [1.807, 2.05) is 30.3 Å². The van der Waals surface area contributed by atoms with Gasteiger partial charge in [-0.25, -0.2) is 17.9 Å². The summed E-state index contributed by atoms with van der Waals surface area (Å²) >= 11 is 0. The van der Waals surface area contributed by atoms with Crippen molar-refractivity contribution < 1.29 is 22.7 Å². The quantitative estimate of drug-likeness (QED) is 0.662. The van der Waals surface area contributed by atoms with Gasteiger partial charge in [-0.1, -0.05) is 30.3 Å². The molecule has 0 spiro atoms. The lowest BCUT2D eigenvalue weighted by Crippen LogP contribution is -2.43. The molecule has 1 unspecified atom stereocenters. The third-order valence-electron chi connectivity index (χ3n) is 4.81. The predicted octanol–water partition coefficient (Wildman–Crippen LogP) is 2.22. The molecule has 0 saturated carbocycles. The molecule has 3 rings (SSSR count). The molecular formula is C21H26N2O5S. The van der Waals surface area contributed by atoms with Crippen molar-refractivity contribution in [1.29, 1.82) is 0 Å². The Kier molecular flexibility index (Phi) is 7.38. The Bertz CT molecular complexity index is 894. The number of ether oxygens (including phenoxy) is 2. The van der Waals surface area contributed by atoms with E-state index < -0.39 is 16.0 Å². The first kappa shape index (κ1) is 21.4. The van der Waals surface area contributed by atoms with E-state index in [1.54, 1.807) is 6.92 Å². The van der Waals surface area contributed by atoms with Crippen LogP contribution in [0.4, 0.5) is 0 Å². The number of nitrogens with zero attached hydrogens (tertiary/aromatic N) is 1. The van der Waals surface area contributed by atoms with Crippen LogP contribution >= 0.6 is 0 Å². The fourth-order valence-electron chi connectivity index (χ4n) is 3.28. The second-order valence-electron chi connectivity index (χ2n) is 6.67. The van der Waals surface area contributed by atoms with Crippen LogP contribution in [0, 0.1) is 0 Å². The fraction of sp³-hybridized carbons (Fsp3) is 0.381. The summed E-state index contributed by atoms with van der Waals surface area (Å²) in [7, 11) is -3.72. The number of carbonyl (C=O) groups is 1. The SMILES string of the molecule is CCOC(=O)c1ccc(S(=O)(=O)NCC(c2ccccc2)N2CCOCC2)cc1. The summed E-state index contributed by atoms with van der Waals surface area (Å²) in [5, 5.41) is 0. The van der Waals surface area contributed by atoms with Crippen LogP contribution in [0.15, 0.2) is 59.5 Å². The molecule has 0 amide bonds. The van der Waals surface area contributed by atoms with Crippen molar-refractivity contribution >= 4 is 16.0 Å². The minimum absolute atomic E-state index is 0.0892. The molecule has 1 aliphatic rings. The van der Waals surface area contributed by atoms with Crippen LogP contribution in [-0.4, -0.2) is 58.7 Å². The minimum Gasteiger partial charge on any atom is -0.462 e. The van der Waals surface area contributed by atoms with Crippen molar-refractivity contribution in [2.45, 2.75) is 17.9 Å². The van der Waals surface area contributed by atoms with Crippen molar-refractivity contribution in [2.75, 3.05) is 39.5 Å². The maximum Gasteiger partial charge on any atom is 0.338 e. The zero-order chi connectivity index (χ0) is 20.7. The Hall–Kier alpha value is -2.26. The smallest absolute Gasteiger partial charge is 0.338 e. The van der Waals surface area contributed by atoms with Gasteiger partial charge in [0, 0.05) is 25.7 Å². The Labute approximate surface area is 171 Å². The molecule has 1 heterocycles. The third-order valence-corrected chi connectivity index (χ3v) is 6.25. The Morgan fingerprint density at radius 3 is 2.38 bits per heavy atom. The van der Waals surface area contributed by atoms with Gasteiger partial charge in [0.15, 0.2) is 0 Å². The zero-order valence-electron chi connectivity index (χ0n) is 16.4. The number of rotatable bonds is 8. The van der Waals surface area contributed by atoms with Crippen LogP contribution < -0.4 is 4.72 Å². The van der Waals surface area contributed by atoms with E-state index in [-0.39, 0.29) is 24.1 Å². The maximum absolute atomic E-state index is 12.8. The molecular weight excluding hydrogens is 392 g/mol. The van der Waals surface area contributed by atoms with E-state index in [2.05, 4.69) is 9.62 Å². The van der Waals surface area contributed by atoms with Crippen molar-refractivity contribution in [3.63, 3.8) is 0 Å². The molecule has 7 nitrogen and oxygen atoms in total. The molecule has 0 radical (unpaired) electrons. The molecule has 1 atom stereocenters. The summed E-state index contributed by atoms with van der Waals surface area (Å²) in [5.41, 5.74) is 1.37. The van der Waals surface area contributed by atoms with Crippen molar-refractivity contribution in [1.82, 2.24) is 9.62 Å². The molecule has 1 fully saturated rings. The highest BCUT2D eigenvalue weighted by Crippen LogP contribution is 2.22. The van der Waals surface area contributed by atoms with Crippen molar-refractivity contribution in [3.8, 4) is 0 Å². The predicted molar refractivity (Wildman–Crippen MR) is 109 cm³/mol. The largest absolute Gasteiger partial charge is 0.462 e. The Balaban J connectivity index is 1.73. The first-order valence-corrected chi connectivity index (χ1v) is 11.1. The number of hydrogen-bond donors (Lipinski definition) is 1. The van der Waals surface area contributed by atoms with Crippen LogP contribution in [-0.2, 0) is 19.5 Å². The Morgan fingerprint density at radius 2 is 1.76 bits per heavy atom. The van der Waals surface area contributed by atoms with E-state index in [1.165, 1.54) is 24.3 Å². The lowest BCUT2D eigenvalue weighted by atomic mass is 10.1. The molecule has 0 aromatic heterocycles. The number of morpholine rings is 1. The van der Waals surface area contributed by atoms with Gasteiger partial charge in [-0.2, -0.15) is 0 Å². The number of hydrogen-bond acceptors (Lipinski definition) is 6. The number of carbonyl (C=O) groups excluding carboxylic acids is 1. The van der Waals surface area contributed by atoms with Crippen LogP contribution in [0.3, 0.4) is 0 Å². The number of nitrogens with one attached hydrogen (secondary N) is 1. The normalized spacial score (nSPS) is 16.3. The van der Waals surface area contributed by atoms with Gasteiger partial charge in [0.05, 0.1) is 30.3 Å². The molecule has 1 N–H and O–H groups in total. The lowest BCUT2D eigenvalue weighted by molar-refractivity contribution is 0.0172. The first-order chi connectivity index (χ1) is 14.0. The minimum atomic E-state index is -3.72. The van der Waals surface area contributed by atoms with Gasteiger partial charge in [0.25, 0.3) is 0 Å². The highest BCUT2D eigenvalue weighted by atomic mass is 32.2. The van der Waals surface area contributed by atoms with E-state index in [9.17, 15) is 13.2 Å². The van der Waals surface area contributed by atoms with Gasteiger partial charge in [-0.05, 0) is 36.8 Å². The summed E-state index contributed by atoms with van der Waals surface area (Å²) in [4.78, 5) is 14.1. The highest BCUT2D eigenvalue weighted by Gasteiger charge is 2.25. The highest BCUT2D eigenvalue weighted by molar-refractivity contribution is 7.89. The molecule has 2 aromatic rings. The maximum atomic E-state index is 12.8. The summed E-state index contributed by atoms with van der Waals surface area (Å²) < 4.78 is 38.7. The molecule has 0 aliphatic carbocycles. The number of esters is 1. The lowest BCUT2D eigenvalue weighted by Gasteiger charge is -2.34. The van der Waals surface area contributed by atoms with Crippen molar-refractivity contribution in [2.24, 2.45) is 0 Å². The van der Waals surface area contributed by atoms with E-state index in [0.717, 1.165) is 18.7 Å². The van der Waals surface area contributed by atoms with Crippen LogP contribution in [0.5, 0.6) is 0 Å². The van der Waals surface area contributed by atoms with Gasteiger partial charge in [0.2, 0.25) is 10.0 Å². The van der Waals surface area contributed by atoms with Gasteiger partial charge in [0.1, 0.15) is 0 Å². The zero-order valence-corrected chi connectivity index (χ0v) is 17.2. The van der Waals surface area contributed by atoms with Gasteiger partial charge in [-0.3, -0.25) is 4.90 Å². The molecule has 2 aromatic carbocycles. The van der Waals surface area contributed by atoms with E-state index in [0.29, 0.717) is 18.8 Å². The van der Waals surface area contributed by atoms with E-state index >= 15 is 0 Å². The van der Waals surface area contributed by atoms with Crippen LogP contribution in [0.1, 0.15) is 28.9 Å². The third kappa shape index (κ3) is 5.63. The number of sulfonamides is 1. The van der Waals surface area contributed by atoms with Crippen molar-refractivity contribution in [3.05, 3.63) is 65.7 Å². The second kappa shape index (κ2) is 9.98. The fourth-order valence-corrected chi connectivity index (χ4v) is 4.32. The molecule has 8 heteroatoms. The summed E-state index contributed by atoms with van der Waals surface area (Å²) in [6.07, 6.45) is 0. The van der Waals surface area contributed by atoms with Gasteiger partial charge >= 0.3 is 5.97 Å². The molecule has 156 valence electrons. The van der Waals surface area contributed by atoms with Crippen LogP contribution in [0.2, 0.25) is 0 Å². The standard InChI is InChI=1S/C21H26N2O5S/c1-2-28-21(24)18-8-10-19(11-9-18)29(25,26)22-16-20(17-6-4-3-5-7-17)23-12-14-27-15-13-23/h3-11,20,22H,2,12-16H2,1H3. The Morgan fingerprint density at radius 1 is 1.10 bits per heavy atom. The number of benzene rings is 2. The summed E-state index contributed by atoms with van der Waals surface area (Å²) in [6, 6.07) is 15.5. The molecule has 0 bridgehead atoms.